The Morgan fingerprint density at radius 3 is 2.76 bits per heavy atom. The highest BCUT2D eigenvalue weighted by atomic mass is 32.2. The Labute approximate surface area is 126 Å². The van der Waals surface area contributed by atoms with Crippen LogP contribution in [-0.4, -0.2) is 38.4 Å². The van der Waals surface area contributed by atoms with Crippen molar-refractivity contribution in [3.05, 3.63) is 29.8 Å². The number of carbonyl (C=O) groups is 1. The number of hydrogen-bond donors (Lipinski definition) is 1. The molecule has 0 aromatic heterocycles. The van der Waals surface area contributed by atoms with Gasteiger partial charge in [-0.15, -0.1) is 0 Å². The average molecular weight is 310 g/mol. The number of nitrogens with zero attached hydrogens (tertiary/aromatic N) is 1. The number of anilines is 1. The number of amides is 1. The Bertz CT molecular complexity index is 613. The van der Waals surface area contributed by atoms with Gasteiger partial charge in [0.05, 0.1) is 11.5 Å². The Balaban J connectivity index is 2.04. The van der Waals surface area contributed by atoms with Crippen LogP contribution in [0.15, 0.2) is 24.3 Å². The first-order chi connectivity index (χ1) is 9.89. The van der Waals surface area contributed by atoms with Crippen LogP contribution < -0.4 is 10.6 Å². The number of hydrogen-bond acceptors (Lipinski definition) is 4. The van der Waals surface area contributed by atoms with Gasteiger partial charge in [-0.1, -0.05) is 18.2 Å². The van der Waals surface area contributed by atoms with Crippen LogP contribution in [0.1, 0.15) is 25.3 Å². The number of aryl methyl sites for hydroxylation is 1. The van der Waals surface area contributed by atoms with E-state index in [-0.39, 0.29) is 17.9 Å². The van der Waals surface area contributed by atoms with E-state index in [0.29, 0.717) is 12.6 Å². The van der Waals surface area contributed by atoms with E-state index in [1.165, 1.54) is 5.56 Å². The number of para-hydroxylation sites is 1. The van der Waals surface area contributed by atoms with E-state index in [1.54, 1.807) is 0 Å². The Hall–Kier alpha value is -1.56. The number of primary amides is 1. The van der Waals surface area contributed by atoms with Crippen molar-refractivity contribution in [3.63, 3.8) is 0 Å². The van der Waals surface area contributed by atoms with Crippen molar-refractivity contribution in [3.8, 4) is 0 Å². The largest absolute Gasteiger partial charge is 0.370 e. The van der Waals surface area contributed by atoms with Crippen LogP contribution in [0.2, 0.25) is 0 Å². The third kappa shape index (κ3) is 4.20. The smallest absolute Gasteiger partial charge is 0.218 e. The summed E-state index contributed by atoms with van der Waals surface area (Å²) in [5.74, 6) is -0.680. The minimum Gasteiger partial charge on any atom is -0.370 e. The van der Waals surface area contributed by atoms with Crippen LogP contribution in [0.25, 0.3) is 0 Å². The maximum absolute atomic E-state index is 12.0. The first-order valence-electron chi connectivity index (χ1n) is 7.22. The van der Waals surface area contributed by atoms with Gasteiger partial charge in [0.25, 0.3) is 0 Å². The lowest BCUT2D eigenvalue weighted by atomic mass is 9.97. The molecule has 0 unspecified atom stereocenters. The average Bonchev–Trinajstić information content (AvgIpc) is 2.44. The number of nitrogens with two attached hydrogens (primary N) is 1. The lowest BCUT2D eigenvalue weighted by Gasteiger charge is -2.37. The molecule has 21 heavy (non-hydrogen) atoms. The molecule has 0 fully saturated rings. The highest BCUT2D eigenvalue weighted by Crippen LogP contribution is 2.30. The minimum absolute atomic E-state index is 0.0545. The Morgan fingerprint density at radius 2 is 2.05 bits per heavy atom. The van der Waals surface area contributed by atoms with E-state index in [2.05, 4.69) is 17.9 Å². The van der Waals surface area contributed by atoms with Crippen molar-refractivity contribution < 1.29 is 13.2 Å². The quantitative estimate of drug-likeness (QED) is 0.854. The fraction of sp³-hybridized carbons (Fsp3) is 0.533. The summed E-state index contributed by atoms with van der Waals surface area (Å²) in [6.45, 7) is 2.57. The number of sulfone groups is 1. The standard InChI is InChI=1S/C15H22N2O3S/c1-12-6-7-13-4-2-3-5-14(13)17(12)9-11-21(19,20)10-8-15(16)18/h2-5,12H,6-11H2,1H3,(H2,16,18)/t12-/m1/s1. The lowest BCUT2D eigenvalue weighted by molar-refractivity contribution is -0.117. The Kier molecular flexibility index (Phi) is 4.88. The second kappa shape index (κ2) is 6.47. The zero-order chi connectivity index (χ0) is 15.5. The van der Waals surface area contributed by atoms with E-state index in [9.17, 15) is 13.2 Å². The van der Waals surface area contributed by atoms with Gasteiger partial charge in [-0.3, -0.25) is 4.79 Å². The molecule has 0 spiro atoms. The molecule has 0 saturated carbocycles. The number of rotatable bonds is 6. The van der Waals surface area contributed by atoms with E-state index in [1.807, 2.05) is 18.2 Å². The summed E-state index contributed by atoms with van der Waals surface area (Å²) in [6.07, 6.45) is 1.95. The SMILES string of the molecule is C[C@@H]1CCc2ccccc2N1CCS(=O)(=O)CCC(N)=O. The zero-order valence-corrected chi connectivity index (χ0v) is 13.1. The van der Waals surface area contributed by atoms with E-state index < -0.39 is 15.7 Å². The van der Waals surface area contributed by atoms with Gasteiger partial charge in [-0.25, -0.2) is 8.42 Å². The van der Waals surface area contributed by atoms with E-state index in [0.717, 1.165) is 18.5 Å². The molecule has 0 saturated heterocycles. The van der Waals surface area contributed by atoms with Crippen molar-refractivity contribution in [2.45, 2.75) is 32.2 Å². The highest BCUT2D eigenvalue weighted by molar-refractivity contribution is 7.91. The molecule has 1 aromatic carbocycles. The summed E-state index contributed by atoms with van der Waals surface area (Å²) in [7, 11) is -3.24. The molecule has 2 N–H and O–H groups in total. The second-order valence-corrected chi connectivity index (χ2v) is 7.88. The minimum atomic E-state index is -3.24. The fourth-order valence-electron chi connectivity index (χ4n) is 2.70. The number of carbonyl (C=O) groups excluding carboxylic acids is 1. The lowest BCUT2D eigenvalue weighted by Crippen LogP contribution is -2.40. The van der Waals surface area contributed by atoms with Crippen LogP contribution >= 0.6 is 0 Å². The Morgan fingerprint density at radius 1 is 1.33 bits per heavy atom. The summed E-state index contributed by atoms with van der Waals surface area (Å²) in [4.78, 5) is 12.9. The van der Waals surface area contributed by atoms with Gasteiger partial charge in [0, 0.05) is 24.7 Å². The highest BCUT2D eigenvalue weighted by Gasteiger charge is 2.24. The summed E-state index contributed by atoms with van der Waals surface area (Å²) in [5.41, 5.74) is 7.40. The molecule has 1 aliphatic heterocycles. The third-order valence-corrected chi connectivity index (χ3v) is 5.60. The van der Waals surface area contributed by atoms with Crippen molar-refractivity contribution in [2.75, 3.05) is 23.0 Å². The summed E-state index contributed by atoms with van der Waals surface area (Å²) in [6, 6.07) is 8.45. The maximum atomic E-state index is 12.0. The number of benzene rings is 1. The van der Waals surface area contributed by atoms with Gasteiger partial charge >= 0.3 is 0 Å². The molecule has 0 bridgehead atoms. The van der Waals surface area contributed by atoms with Gasteiger partial charge < -0.3 is 10.6 Å². The summed E-state index contributed by atoms with van der Waals surface area (Å²) < 4.78 is 23.9. The van der Waals surface area contributed by atoms with Gasteiger partial charge in [0.1, 0.15) is 0 Å². The van der Waals surface area contributed by atoms with Gasteiger partial charge in [-0.2, -0.15) is 0 Å². The fourth-order valence-corrected chi connectivity index (χ4v) is 3.89. The van der Waals surface area contributed by atoms with Crippen LogP contribution in [0.4, 0.5) is 5.69 Å². The molecular weight excluding hydrogens is 288 g/mol. The van der Waals surface area contributed by atoms with Crippen LogP contribution in [0.3, 0.4) is 0 Å². The molecule has 6 heteroatoms. The second-order valence-electron chi connectivity index (χ2n) is 5.58. The van der Waals surface area contributed by atoms with Crippen molar-refractivity contribution in [1.82, 2.24) is 0 Å². The van der Waals surface area contributed by atoms with Gasteiger partial charge in [0.15, 0.2) is 9.84 Å². The molecule has 1 aromatic rings. The van der Waals surface area contributed by atoms with Crippen molar-refractivity contribution >= 4 is 21.4 Å². The normalized spacial score (nSPS) is 18.3. The molecule has 2 rings (SSSR count). The molecular formula is C15H22N2O3S. The molecule has 5 nitrogen and oxygen atoms in total. The van der Waals surface area contributed by atoms with Crippen molar-refractivity contribution in [1.29, 1.82) is 0 Å². The molecule has 1 amide bonds. The van der Waals surface area contributed by atoms with Crippen molar-refractivity contribution in [2.24, 2.45) is 5.73 Å². The monoisotopic (exact) mass is 310 g/mol. The van der Waals surface area contributed by atoms with E-state index >= 15 is 0 Å². The third-order valence-electron chi connectivity index (χ3n) is 3.97. The zero-order valence-electron chi connectivity index (χ0n) is 12.3. The molecule has 1 heterocycles. The first kappa shape index (κ1) is 15.8. The van der Waals surface area contributed by atoms with Crippen LogP contribution in [-0.2, 0) is 21.1 Å². The van der Waals surface area contributed by atoms with Crippen LogP contribution in [0.5, 0.6) is 0 Å². The van der Waals surface area contributed by atoms with Gasteiger partial charge in [-0.05, 0) is 31.4 Å². The topological polar surface area (TPSA) is 80.5 Å². The molecule has 0 aliphatic carbocycles. The van der Waals surface area contributed by atoms with E-state index in [4.69, 9.17) is 5.73 Å². The molecule has 1 atom stereocenters. The number of fused-ring (bicyclic) bond motifs is 1. The molecule has 1 aliphatic rings. The van der Waals surface area contributed by atoms with Crippen LogP contribution in [0, 0.1) is 0 Å². The van der Waals surface area contributed by atoms with Gasteiger partial charge in [0.2, 0.25) is 5.91 Å². The predicted molar refractivity (Wildman–Crippen MR) is 84.0 cm³/mol. The summed E-state index contributed by atoms with van der Waals surface area (Å²) in [5, 5.41) is 0. The summed E-state index contributed by atoms with van der Waals surface area (Å²) >= 11 is 0. The molecule has 0 radical (unpaired) electrons. The maximum Gasteiger partial charge on any atom is 0.218 e. The molecule has 116 valence electrons. The predicted octanol–water partition coefficient (Wildman–Crippen LogP) is 1.12. The first-order valence-corrected chi connectivity index (χ1v) is 9.04.